The Morgan fingerprint density at radius 1 is 1.36 bits per heavy atom. The van der Waals surface area contributed by atoms with Crippen molar-refractivity contribution in [2.75, 3.05) is 13.7 Å². The zero-order chi connectivity index (χ0) is 18.0. The number of rotatable bonds is 5. The van der Waals surface area contributed by atoms with Crippen molar-refractivity contribution in [1.82, 2.24) is 5.32 Å². The van der Waals surface area contributed by atoms with E-state index in [1.54, 1.807) is 6.92 Å². The van der Waals surface area contributed by atoms with Crippen molar-refractivity contribution in [2.24, 2.45) is 5.92 Å². The monoisotopic (exact) mass is 342 g/mol. The lowest BCUT2D eigenvalue weighted by Crippen LogP contribution is -3.17. The highest BCUT2D eigenvalue weighted by molar-refractivity contribution is 5.79. The Morgan fingerprint density at radius 3 is 2.64 bits per heavy atom. The number of nitrogens with one attached hydrogen (secondary N) is 2. The van der Waals surface area contributed by atoms with Crippen LogP contribution in [0.15, 0.2) is 24.3 Å². The van der Waals surface area contributed by atoms with E-state index in [-0.39, 0.29) is 24.3 Å². The quantitative estimate of drug-likeness (QED) is 0.737. The SMILES string of the molecule is COC(=O)[C@H]1Cc2ccccc2C[NH+]1CC(=O)N[C@](C)(C#N)C1CC1. The molecule has 1 saturated carbocycles. The summed E-state index contributed by atoms with van der Waals surface area (Å²) in [6.45, 7) is 2.52. The average Bonchev–Trinajstić information content (AvgIpc) is 3.45. The number of benzene rings is 1. The molecule has 0 saturated heterocycles. The predicted octanol–water partition coefficient (Wildman–Crippen LogP) is -0.0223. The molecule has 1 aromatic rings. The number of ether oxygens (including phenoxy) is 1. The lowest BCUT2D eigenvalue weighted by Gasteiger charge is -2.32. The van der Waals surface area contributed by atoms with Crippen LogP contribution in [-0.2, 0) is 27.3 Å². The number of quaternary nitrogens is 1. The zero-order valence-electron chi connectivity index (χ0n) is 14.7. The van der Waals surface area contributed by atoms with Crippen LogP contribution in [0.1, 0.15) is 30.9 Å². The largest absolute Gasteiger partial charge is 0.465 e. The number of nitriles is 1. The first-order valence-electron chi connectivity index (χ1n) is 8.68. The maximum absolute atomic E-state index is 12.6. The number of hydrogen-bond acceptors (Lipinski definition) is 4. The minimum atomic E-state index is -0.815. The maximum Gasteiger partial charge on any atom is 0.365 e. The standard InChI is InChI=1S/C19H23N3O3/c1-19(12-20,15-7-8-15)21-17(23)11-22-10-14-6-4-3-5-13(14)9-16(22)18(24)25-2/h3-6,15-16H,7-11H2,1-2H3,(H,21,23)/p+1/t16-,19-/m1/s1. The van der Waals surface area contributed by atoms with E-state index in [0.717, 1.165) is 28.9 Å². The highest BCUT2D eigenvalue weighted by Gasteiger charge is 2.44. The molecular weight excluding hydrogens is 318 g/mol. The number of fused-ring (bicyclic) bond motifs is 1. The summed E-state index contributed by atoms with van der Waals surface area (Å²) >= 11 is 0. The van der Waals surface area contributed by atoms with Gasteiger partial charge in [0, 0.05) is 12.0 Å². The van der Waals surface area contributed by atoms with Crippen molar-refractivity contribution >= 4 is 11.9 Å². The number of hydrogen-bond donors (Lipinski definition) is 2. The third kappa shape index (κ3) is 3.67. The average molecular weight is 342 g/mol. The molecule has 0 bridgehead atoms. The van der Waals surface area contributed by atoms with Crippen LogP contribution in [0.5, 0.6) is 0 Å². The van der Waals surface area contributed by atoms with Gasteiger partial charge in [-0.15, -0.1) is 0 Å². The normalized spacial score (nSPS) is 24.4. The van der Waals surface area contributed by atoms with Gasteiger partial charge in [-0.1, -0.05) is 24.3 Å². The highest BCUT2D eigenvalue weighted by Crippen LogP contribution is 2.39. The highest BCUT2D eigenvalue weighted by atomic mass is 16.5. The number of esters is 1. The van der Waals surface area contributed by atoms with Crippen LogP contribution < -0.4 is 10.2 Å². The molecule has 132 valence electrons. The molecule has 1 unspecified atom stereocenters. The van der Waals surface area contributed by atoms with Crippen LogP contribution in [-0.4, -0.2) is 37.1 Å². The molecule has 1 aliphatic carbocycles. The molecule has 2 aliphatic rings. The van der Waals surface area contributed by atoms with Gasteiger partial charge in [-0.05, 0) is 31.2 Å². The van der Waals surface area contributed by atoms with Crippen LogP contribution >= 0.6 is 0 Å². The maximum atomic E-state index is 12.6. The van der Waals surface area contributed by atoms with Gasteiger partial charge in [0.1, 0.15) is 12.1 Å². The Kier molecular flexibility index (Phi) is 4.78. The van der Waals surface area contributed by atoms with E-state index in [9.17, 15) is 14.9 Å². The molecule has 1 fully saturated rings. The topological polar surface area (TPSA) is 83.6 Å². The molecule has 25 heavy (non-hydrogen) atoms. The van der Waals surface area contributed by atoms with Crippen LogP contribution in [0, 0.1) is 17.2 Å². The second-order valence-electron chi connectivity index (χ2n) is 7.20. The third-order valence-electron chi connectivity index (χ3n) is 5.35. The van der Waals surface area contributed by atoms with Crippen molar-refractivity contribution < 1.29 is 19.2 Å². The van der Waals surface area contributed by atoms with Gasteiger partial charge in [-0.3, -0.25) is 4.79 Å². The van der Waals surface area contributed by atoms with E-state index in [4.69, 9.17) is 4.74 Å². The van der Waals surface area contributed by atoms with Gasteiger partial charge in [0.15, 0.2) is 12.6 Å². The van der Waals surface area contributed by atoms with Gasteiger partial charge in [0.05, 0.1) is 13.2 Å². The van der Waals surface area contributed by atoms with Gasteiger partial charge < -0.3 is 15.0 Å². The van der Waals surface area contributed by atoms with E-state index in [0.29, 0.717) is 13.0 Å². The number of carbonyl (C=O) groups is 2. The van der Waals surface area contributed by atoms with Crippen LogP contribution in [0.2, 0.25) is 0 Å². The van der Waals surface area contributed by atoms with Crippen molar-refractivity contribution in [1.29, 1.82) is 5.26 Å². The first-order chi connectivity index (χ1) is 12.0. The van der Waals surface area contributed by atoms with E-state index >= 15 is 0 Å². The Morgan fingerprint density at radius 2 is 2.04 bits per heavy atom. The molecule has 6 nitrogen and oxygen atoms in total. The first-order valence-corrected chi connectivity index (χ1v) is 8.68. The molecule has 1 aliphatic heterocycles. The van der Waals surface area contributed by atoms with Crippen molar-refractivity contribution in [3.05, 3.63) is 35.4 Å². The zero-order valence-corrected chi connectivity index (χ0v) is 14.7. The summed E-state index contributed by atoms with van der Waals surface area (Å²) < 4.78 is 4.94. The Bertz CT molecular complexity index is 723. The van der Waals surface area contributed by atoms with Crippen LogP contribution in [0.25, 0.3) is 0 Å². The molecule has 0 aromatic heterocycles. The molecule has 6 heteroatoms. The second-order valence-corrected chi connectivity index (χ2v) is 7.20. The van der Waals surface area contributed by atoms with Gasteiger partial charge in [-0.25, -0.2) is 4.79 Å². The van der Waals surface area contributed by atoms with E-state index in [1.807, 2.05) is 24.3 Å². The number of methoxy groups -OCH3 is 1. The summed E-state index contributed by atoms with van der Waals surface area (Å²) in [4.78, 5) is 25.6. The molecule has 3 atom stereocenters. The number of amides is 1. The minimum absolute atomic E-state index is 0.151. The molecule has 0 spiro atoms. The van der Waals surface area contributed by atoms with Crippen LogP contribution in [0.3, 0.4) is 0 Å². The van der Waals surface area contributed by atoms with Crippen molar-refractivity contribution in [3.63, 3.8) is 0 Å². The molecular formula is C19H24N3O3+. The number of nitrogens with zero attached hydrogens (tertiary/aromatic N) is 1. The molecule has 0 radical (unpaired) electrons. The van der Waals surface area contributed by atoms with Gasteiger partial charge >= 0.3 is 5.97 Å². The molecule has 3 rings (SSSR count). The fourth-order valence-corrected chi connectivity index (χ4v) is 3.66. The smallest absolute Gasteiger partial charge is 0.365 e. The number of carbonyl (C=O) groups excluding carboxylic acids is 2. The minimum Gasteiger partial charge on any atom is -0.465 e. The summed E-state index contributed by atoms with van der Waals surface area (Å²) in [6.07, 6.45) is 2.50. The van der Waals surface area contributed by atoms with Crippen LogP contribution in [0.4, 0.5) is 0 Å². The summed E-state index contributed by atoms with van der Waals surface area (Å²) in [6, 6.07) is 9.81. The van der Waals surface area contributed by atoms with Crippen molar-refractivity contribution in [3.8, 4) is 6.07 Å². The lowest BCUT2D eigenvalue weighted by atomic mass is 9.93. The fraction of sp³-hybridized carbons (Fsp3) is 0.526. The Labute approximate surface area is 147 Å². The molecule has 2 N–H and O–H groups in total. The van der Waals surface area contributed by atoms with Crippen molar-refractivity contribution in [2.45, 2.75) is 44.3 Å². The molecule has 1 heterocycles. The first kappa shape index (κ1) is 17.4. The summed E-state index contributed by atoms with van der Waals surface area (Å²) in [5, 5.41) is 12.3. The summed E-state index contributed by atoms with van der Waals surface area (Å²) in [7, 11) is 1.38. The second kappa shape index (κ2) is 6.85. The van der Waals surface area contributed by atoms with E-state index < -0.39 is 11.6 Å². The molecule has 1 aromatic carbocycles. The van der Waals surface area contributed by atoms with Gasteiger partial charge in [0.25, 0.3) is 5.91 Å². The predicted molar refractivity (Wildman–Crippen MR) is 90.4 cm³/mol. The van der Waals surface area contributed by atoms with Gasteiger partial charge in [-0.2, -0.15) is 5.26 Å². The van der Waals surface area contributed by atoms with Gasteiger partial charge in [0.2, 0.25) is 0 Å². The summed E-state index contributed by atoms with van der Waals surface area (Å²) in [5.41, 5.74) is 1.46. The van der Waals surface area contributed by atoms with E-state index in [1.165, 1.54) is 7.11 Å². The van der Waals surface area contributed by atoms with E-state index in [2.05, 4.69) is 11.4 Å². The molecule has 1 amide bonds. The Balaban J connectivity index is 1.73. The summed E-state index contributed by atoms with van der Waals surface area (Å²) in [5.74, 6) is -0.267. The third-order valence-corrected chi connectivity index (χ3v) is 5.35. The fourth-order valence-electron chi connectivity index (χ4n) is 3.66. The lowest BCUT2D eigenvalue weighted by molar-refractivity contribution is -0.924. The Hall–Kier alpha value is -2.39.